The molecule has 1 aliphatic carbocycles. The fraction of sp³-hybridized carbons (Fsp3) is 0.481. The minimum Gasteiger partial charge on any atom is -0.493 e. The molecule has 0 radical (unpaired) electrons. The van der Waals surface area contributed by atoms with E-state index in [-0.39, 0.29) is 18.3 Å². The van der Waals surface area contributed by atoms with Gasteiger partial charge in [-0.15, -0.1) is 12.4 Å². The lowest BCUT2D eigenvalue weighted by Gasteiger charge is -2.30. The summed E-state index contributed by atoms with van der Waals surface area (Å²) in [6, 6.07) is 17.9. The Morgan fingerprint density at radius 1 is 1.09 bits per heavy atom. The number of hydrogen-bond acceptors (Lipinski definition) is 4. The first kappa shape index (κ1) is 23.6. The van der Waals surface area contributed by atoms with Gasteiger partial charge in [0.15, 0.2) is 0 Å². The van der Waals surface area contributed by atoms with Crippen LogP contribution in [0.4, 0.5) is 0 Å². The van der Waals surface area contributed by atoms with Crippen LogP contribution in [0.2, 0.25) is 0 Å². The van der Waals surface area contributed by atoms with Gasteiger partial charge < -0.3 is 15.0 Å². The zero-order valence-corrected chi connectivity index (χ0v) is 19.7. The predicted molar refractivity (Wildman–Crippen MR) is 131 cm³/mol. The highest BCUT2D eigenvalue weighted by atomic mass is 35.5. The Hall–Kier alpha value is -2.55. The number of halogens is 1. The van der Waals surface area contributed by atoms with E-state index in [9.17, 15) is 10.1 Å². The first-order chi connectivity index (χ1) is 15.7. The lowest BCUT2D eigenvalue weighted by molar-refractivity contribution is 0.0920. The molecule has 1 saturated heterocycles. The molecule has 2 atom stereocenters. The number of amides is 1. The SMILES string of the molecule is Cl.N#Cc1ccc2c(c1)[C@@H]1CN(CCC3CCC(NC(=O)c4ccccc4)CC3)C[C@H]1CO2. The van der Waals surface area contributed by atoms with Crippen molar-refractivity contribution in [1.29, 1.82) is 5.26 Å². The number of hydrogen-bond donors (Lipinski definition) is 1. The average molecular weight is 466 g/mol. The number of likely N-dealkylation sites (tertiary alicyclic amines) is 1. The summed E-state index contributed by atoms with van der Waals surface area (Å²) in [4.78, 5) is 15.0. The van der Waals surface area contributed by atoms with E-state index in [0.29, 0.717) is 17.9 Å². The van der Waals surface area contributed by atoms with Crippen LogP contribution >= 0.6 is 12.4 Å². The number of fused-ring (bicyclic) bond motifs is 3. The third kappa shape index (κ3) is 5.34. The van der Waals surface area contributed by atoms with E-state index < -0.39 is 0 Å². The van der Waals surface area contributed by atoms with Crippen LogP contribution in [0.15, 0.2) is 48.5 Å². The molecule has 2 aliphatic heterocycles. The standard InChI is InChI=1S/C27H31N3O2.ClH/c28-15-20-8-11-26-24(14-20)25-17-30(16-22(25)18-32-26)13-12-19-6-9-23(10-7-19)29-27(31)21-4-2-1-3-5-21;/h1-5,8,11,14,19,22-23,25H,6-7,9-10,12-13,16-18H2,(H,29,31);1H/t19?,22-,23?,25+;/m0./s1. The number of rotatable bonds is 5. The van der Waals surface area contributed by atoms with Crippen LogP contribution < -0.4 is 10.1 Å². The number of carbonyl (C=O) groups excluding carboxylic acids is 1. The molecular formula is C27H32ClN3O2. The van der Waals surface area contributed by atoms with Crippen LogP contribution in [0.25, 0.3) is 0 Å². The number of nitriles is 1. The van der Waals surface area contributed by atoms with Gasteiger partial charge in [0.05, 0.1) is 18.2 Å². The molecule has 1 N–H and O–H groups in total. The zero-order valence-electron chi connectivity index (χ0n) is 18.9. The second-order valence-corrected chi connectivity index (χ2v) is 9.65. The molecule has 0 bridgehead atoms. The fourth-order valence-electron chi connectivity index (χ4n) is 5.72. The molecule has 5 nitrogen and oxygen atoms in total. The highest BCUT2D eigenvalue weighted by Gasteiger charge is 2.39. The van der Waals surface area contributed by atoms with Crippen molar-refractivity contribution >= 4 is 18.3 Å². The first-order valence-electron chi connectivity index (χ1n) is 11.9. The predicted octanol–water partition coefficient (Wildman–Crippen LogP) is 4.77. The van der Waals surface area contributed by atoms with Gasteiger partial charge in [-0.05, 0) is 74.9 Å². The summed E-state index contributed by atoms with van der Waals surface area (Å²) in [5.74, 6) is 2.77. The van der Waals surface area contributed by atoms with Crippen molar-refractivity contribution in [3.8, 4) is 11.8 Å². The van der Waals surface area contributed by atoms with Crippen molar-refractivity contribution < 1.29 is 9.53 Å². The van der Waals surface area contributed by atoms with Gasteiger partial charge in [-0.25, -0.2) is 0 Å². The van der Waals surface area contributed by atoms with Crippen molar-refractivity contribution in [1.82, 2.24) is 10.2 Å². The Morgan fingerprint density at radius 2 is 1.88 bits per heavy atom. The molecule has 0 unspecified atom stereocenters. The van der Waals surface area contributed by atoms with Crippen LogP contribution in [-0.2, 0) is 0 Å². The van der Waals surface area contributed by atoms with Gasteiger partial charge in [0.1, 0.15) is 5.75 Å². The molecular weight excluding hydrogens is 434 g/mol. The van der Waals surface area contributed by atoms with Crippen molar-refractivity contribution in [2.75, 3.05) is 26.2 Å². The normalized spacial score (nSPS) is 26.2. The van der Waals surface area contributed by atoms with Crippen LogP contribution in [0, 0.1) is 23.2 Å². The summed E-state index contributed by atoms with van der Waals surface area (Å²) in [6.45, 7) is 4.07. The highest BCUT2D eigenvalue weighted by molar-refractivity contribution is 5.94. The summed E-state index contributed by atoms with van der Waals surface area (Å²) >= 11 is 0. The quantitative estimate of drug-likeness (QED) is 0.690. The number of ether oxygens (including phenoxy) is 1. The third-order valence-electron chi connectivity index (χ3n) is 7.58. The maximum Gasteiger partial charge on any atom is 0.251 e. The van der Waals surface area contributed by atoms with Gasteiger partial charge in [0.2, 0.25) is 0 Å². The van der Waals surface area contributed by atoms with E-state index in [1.807, 2.05) is 48.5 Å². The summed E-state index contributed by atoms with van der Waals surface area (Å²) in [6.07, 6.45) is 5.76. The smallest absolute Gasteiger partial charge is 0.251 e. The summed E-state index contributed by atoms with van der Waals surface area (Å²) < 4.78 is 5.98. The first-order valence-corrected chi connectivity index (χ1v) is 11.9. The van der Waals surface area contributed by atoms with E-state index >= 15 is 0 Å². The Bertz CT molecular complexity index is 998. The molecule has 2 aromatic rings. The highest BCUT2D eigenvalue weighted by Crippen LogP contribution is 2.42. The summed E-state index contributed by atoms with van der Waals surface area (Å²) in [7, 11) is 0. The molecule has 2 aromatic carbocycles. The number of nitrogens with zero attached hydrogens (tertiary/aromatic N) is 2. The van der Waals surface area contributed by atoms with Crippen molar-refractivity contribution in [3.05, 3.63) is 65.2 Å². The Morgan fingerprint density at radius 3 is 2.64 bits per heavy atom. The van der Waals surface area contributed by atoms with Crippen LogP contribution in [0.5, 0.6) is 5.75 Å². The largest absolute Gasteiger partial charge is 0.493 e. The molecule has 1 amide bonds. The molecule has 33 heavy (non-hydrogen) atoms. The summed E-state index contributed by atoms with van der Waals surface area (Å²) in [5, 5.41) is 12.5. The zero-order chi connectivity index (χ0) is 21.9. The van der Waals surface area contributed by atoms with E-state index in [1.54, 1.807) is 0 Å². The van der Waals surface area contributed by atoms with Gasteiger partial charge in [-0.1, -0.05) is 18.2 Å². The molecule has 0 aromatic heterocycles. The topological polar surface area (TPSA) is 65.4 Å². The average Bonchev–Trinajstić information content (AvgIpc) is 3.27. The third-order valence-corrected chi connectivity index (χ3v) is 7.58. The van der Waals surface area contributed by atoms with Gasteiger partial charge >= 0.3 is 0 Å². The lowest BCUT2D eigenvalue weighted by atomic mass is 9.84. The molecule has 5 rings (SSSR count). The second-order valence-electron chi connectivity index (χ2n) is 9.65. The van der Waals surface area contributed by atoms with Gasteiger partial charge in [-0.2, -0.15) is 5.26 Å². The molecule has 2 fully saturated rings. The maximum absolute atomic E-state index is 12.4. The monoisotopic (exact) mass is 465 g/mol. The van der Waals surface area contributed by atoms with Crippen LogP contribution in [0.3, 0.4) is 0 Å². The van der Waals surface area contributed by atoms with Gasteiger partial charge in [-0.3, -0.25) is 4.79 Å². The van der Waals surface area contributed by atoms with E-state index in [1.165, 1.54) is 24.8 Å². The Balaban J connectivity index is 0.00000259. The maximum atomic E-state index is 12.4. The second kappa shape index (κ2) is 10.6. The number of carbonyl (C=O) groups is 1. The van der Waals surface area contributed by atoms with Crippen LogP contribution in [0.1, 0.15) is 59.5 Å². The number of benzene rings is 2. The van der Waals surface area contributed by atoms with Gasteiger partial charge in [0, 0.05) is 42.1 Å². The molecule has 3 aliphatic rings. The van der Waals surface area contributed by atoms with Gasteiger partial charge in [0.25, 0.3) is 5.91 Å². The lowest BCUT2D eigenvalue weighted by Crippen LogP contribution is -2.38. The van der Waals surface area contributed by atoms with Crippen molar-refractivity contribution in [2.45, 2.75) is 44.1 Å². The minimum absolute atomic E-state index is 0. The van der Waals surface area contributed by atoms with Crippen molar-refractivity contribution in [2.24, 2.45) is 11.8 Å². The molecule has 2 heterocycles. The van der Waals surface area contributed by atoms with Crippen molar-refractivity contribution in [3.63, 3.8) is 0 Å². The van der Waals surface area contributed by atoms with Crippen LogP contribution in [-0.4, -0.2) is 43.1 Å². The Kier molecular flexibility index (Phi) is 7.57. The minimum atomic E-state index is 0. The van der Waals surface area contributed by atoms with E-state index in [4.69, 9.17) is 4.74 Å². The molecule has 1 saturated carbocycles. The molecule has 6 heteroatoms. The summed E-state index contributed by atoms with van der Waals surface area (Å²) in [5.41, 5.74) is 2.69. The Labute approximate surface area is 202 Å². The van der Waals surface area contributed by atoms with E-state index in [2.05, 4.69) is 16.3 Å². The molecule has 0 spiro atoms. The fourth-order valence-corrected chi connectivity index (χ4v) is 5.72. The molecule has 174 valence electrons. The van der Waals surface area contributed by atoms with E-state index in [0.717, 1.165) is 61.9 Å². The number of nitrogens with one attached hydrogen (secondary N) is 1.